The molecule has 8 heteroatoms. The van der Waals surface area contributed by atoms with E-state index in [0.29, 0.717) is 36.8 Å². The lowest BCUT2D eigenvalue weighted by Gasteiger charge is -2.08. The third kappa shape index (κ3) is 5.33. The molecule has 2 heterocycles. The molecule has 2 aromatic heterocycles. The Morgan fingerprint density at radius 1 is 1.07 bits per heavy atom. The molecule has 0 aliphatic rings. The number of carbonyl (C=O) groups excluding carboxylic acids is 1. The molecule has 0 saturated heterocycles. The van der Waals surface area contributed by atoms with Crippen molar-refractivity contribution >= 4 is 39.7 Å². The number of thiophene rings is 1. The van der Waals surface area contributed by atoms with Crippen LogP contribution < -0.4 is 15.8 Å². The van der Waals surface area contributed by atoms with Gasteiger partial charge in [0.1, 0.15) is 12.9 Å². The summed E-state index contributed by atoms with van der Waals surface area (Å²) in [4.78, 5) is 21.8. The maximum atomic E-state index is 12.6. The van der Waals surface area contributed by atoms with Crippen molar-refractivity contribution < 1.29 is 9.53 Å². The van der Waals surface area contributed by atoms with Gasteiger partial charge in [-0.05, 0) is 35.2 Å². The Morgan fingerprint density at radius 3 is 2.77 bits per heavy atom. The van der Waals surface area contributed by atoms with Gasteiger partial charge in [0.15, 0.2) is 0 Å². The van der Waals surface area contributed by atoms with Crippen molar-refractivity contribution in [2.75, 3.05) is 0 Å². The summed E-state index contributed by atoms with van der Waals surface area (Å²) >= 11 is 1.69. The zero-order valence-corrected chi connectivity index (χ0v) is 17.7. The Bertz CT molecular complexity index is 1120. The first-order valence-corrected chi connectivity index (χ1v) is 10.0. The Balaban J connectivity index is 0.00000256. The van der Waals surface area contributed by atoms with Crippen LogP contribution in [0, 0.1) is 0 Å². The van der Waals surface area contributed by atoms with E-state index in [4.69, 9.17) is 10.5 Å². The summed E-state index contributed by atoms with van der Waals surface area (Å²) in [5, 5.41) is 4.19. The average molecular weight is 441 g/mol. The number of aromatic nitrogens is 2. The van der Waals surface area contributed by atoms with Gasteiger partial charge in [0.25, 0.3) is 5.91 Å². The predicted octanol–water partition coefficient (Wildman–Crippen LogP) is 4.08. The van der Waals surface area contributed by atoms with Gasteiger partial charge in [-0.2, -0.15) is 0 Å². The minimum absolute atomic E-state index is 0. The molecule has 2 aromatic carbocycles. The number of nitrogens with zero attached hydrogens (tertiary/aromatic N) is 2. The molecule has 0 fully saturated rings. The van der Waals surface area contributed by atoms with E-state index >= 15 is 0 Å². The van der Waals surface area contributed by atoms with Crippen LogP contribution in [0.1, 0.15) is 26.5 Å². The molecule has 30 heavy (non-hydrogen) atoms. The summed E-state index contributed by atoms with van der Waals surface area (Å²) in [7, 11) is 0. The number of nitrogens with two attached hydrogens (primary N) is 1. The van der Waals surface area contributed by atoms with E-state index in [1.807, 2.05) is 30.3 Å². The molecule has 1 amide bonds. The highest BCUT2D eigenvalue weighted by Crippen LogP contribution is 2.25. The van der Waals surface area contributed by atoms with Crippen LogP contribution in [-0.4, -0.2) is 15.9 Å². The standard InChI is InChI=1S/C22H20N4O2S.ClH/c23-11-18-10-21(26-14-25-18)28-13-15-4-3-6-17(8-15)22(27)24-12-19-9-16-5-1-2-7-20(16)29-19;/h1-10,14H,11-13,23H2,(H,24,27);1H. The number of nitrogens with one attached hydrogen (secondary N) is 1. The summed E-state index contributed by atoms with van der Waals surface area (Å²) in [5.41, 5.74) is 7.77. The lowest BCUT2D eigenvalue weighted by atomic mass is 10.1. The average Bonchev–Trinajstić information content (AvgIpc) is 3.19. The van der Waals surface area contributed by atoms with Gasteiger partial charge >= 0.3 is 0 Å². The van der Waals surface area contributed by atoms with Gasteiger partial charge in [0, 0.05) is 27.8 Å². The Labute approximate surface area is 184 Å². The van der Waals surface area contributed by atoms with Gasteiger partial charge in [-0.25, -0.2) is 9.97 Å². The fourth-order valence-electron chi connectivity index (χ4n) is 2.92. The first-order chi connectivity index (χ1) is 14.2. The van der Waals surface area contributed by atoms with Crippen molar-refractivity contribution in [2.45, 2.75) is 19.7 Å². The number of hydrogen-bond donors (Lipinski definition) is 2. The second kappa shape index (κ2) is 10.2. The molecular formula is C22H21ClN4O2S. The van der Waals surface area contributed by atoms with Gasteiger partial charge in [-0.1, -0.05) is 30.3 Å². The van der Waals surface area contributed by atoms with Crippen molar-refractivity contribution in [1.29, 1.82) is 0 Å². The topological polar surface area (TPSA) is 90.1 Å². The number of ether oxygens (including phenoxy) is 1. The van der Waals surface area contributed by atoms with Crippen LogP contribution >= 0.6 is 23.7 Å². The molecule has 0 unspecified atom stereocenters. The Hall–Kier alpha value is -3.00. The maximum Gasteiger partial charge on any atom is 0.251 e. The van der Waals surface area contributed by atoms with Crippen molar-refractivity contribution in [3.8, 4) is 5.88 Å². The van der Waals surface area contributed by atoms with Crippen molar-refractivity contribution in [1.82, 2.24) is 15.3 Å². The van der Waals surface area contributed by atoms with Crippen LogP contribution in [0.5, 0.6) is 5.88 Å². The predicted molar refractivity (Wildman–Crippen MR) is 121 cm³/mol. The second-order valence-electron chi connectivity index (χ2n) is 6.47. The van der Waals surface area contributed by atoms with Crippen LogP contribution in [0.15, 0.2) is 67.0 Å². The van der Waals surface area contributed by atoms with Gasteiger partial charge < -0.3 is 15.8 Å². The molecule has 0 saturated carbocycles. The summed E-state index contributed by atoms with van der Waals surface area (Å²) in [6.45, 7) is 1.13. The van der Waals surface area contributed by atoms with E-state index in [1.165, 1.54) is 16.4 Å². The number of carbonyl (C=O) groups is 1. The Morgan fingerprint density at radius 2 is 1.93 bits per heavy atom. The van der Waals surface area contributed by atoms with E-state index in [1.54, 1.807) is 23.5 Å². The molecular weight excluding hydrogens is 420 g/mol. The molecule has 0 atom stereocenters. The number of amides is 1. The third-order valence-electron chi connectivity index (χ3n) is 4.38. The van der Waals surface area contributed by atoms with E-state index in [2.05, 4.69) is 33.5 Å². The normalized spacial score (nSPS) is 10.4. The first kappa shape index (κ1) is 21.7. The molecule has 0 aliphatic carbocycles. The SMILES string of the molecule is Cl.NCc1cc(OCc2cccc(C(=O)NCc3cc4ccccc4s3)c2)ncn1. The number of halogens is 1. The fraction of sp³-hybridized carbons (Fsp3) is 0.136. The molecule has 4 rings (SSSR count). The second-order valence-corrected chi connectivity index (χ2v) is 7.64. The highest BCUT2D eigenvalue weighted by Gasteiger charge is 2.08. The van der Waals surface area contributed by atoms with Crippen molar-refractivity contribution in [3.63, 3.8) is 0 Å². The molecule has 0 radical (unpaired) electrons. The lowest BCUT2D eigenvalue weighted by Crippen LogP contribution is -2.22. The van der Waals surface area contributed by atoms with Crippen LogP contribution in [0.4, 0.5) is 0 Å². The zero-order chi connectivity index (χ0) is 20.1. The minimum atomic E-state index is -0.114. The minimum Gasteiger partial charge on any atom is -0.473 e. The van der Waals surface area contributed by atoms with Crippen molar-refractivity contribution in [2.24, 2.45) is 5.73 Å². The smallest absolute Gasteiger partial charge is 0.251 e. The highest BCUT2D eigenvalue weighted by molar-refractivity contribution is 7.19. The van der Waals surface area contributed by atoms with E-state index < -0.39 is 0 Å². The summed E-state index contributed by atoms with van der Waals surface area (Å²) < 4.78 is 6.92. The monoisotopic (exact) mass is 440 g/mol. The van der Waals surface area contributed by atoms with Gasteiger partial charge in [0.05, 0.1) is 12.2 Å². The number of hydrogen-bond acceptors (Lipinski definition) is 6. The molecule has 3 N–H and O–H groups in total. The van der Waals surface area contributed by atoms with Gasteiger partial charge in [0.2, 0.25) is 5.88 Å². The van der Waals surface area contributed by atoms with E-state index in [0.717, 1.165) is 10.4 Å². The van der Waals surface area contributed by atoms with E-state index in [-0.39, 0.29) is 18.3 Å². The fourth-order valence-corrected chi connectivity index (χ4v) is 3.92. The number of benzene rings is 2. The van der Waals surface area contributed by atoms with Gasteiger partial charge in [-0.15, -0.1) is 23.7 Å². The highest BCUT2D eigenvalue weighted by atomic mass is 35.5. The van der Waals surface area contributed by atoms with Crippen LogP contribution in [0.25, 0.3) is 10.1 Å². The molecule has 0 bridgehead atoms. The third-order valence-corrected chi connectivity index (χ3v) is 5.50. The van der Waals surface area contributed by atoms with E-state index in [9.17, 15) is 4.79 Å². The first-order valence-electron chi connectivity index (χ1n) is 9.19. The number of fused-ring (bicyclic) bond motifs is 1. The van der Waals surface area contributed by atoms with Crippen LogP contribution in [-0.2, 0) is 19.7 Å². The molecule has 6 nitrogen and oxygen atoms in total. The molecule has 0 spiro atoms. The number of rotatable bonds is 7. The molecule has 4 aromatic rings. The zero-order valence-electron chi connectivity index (χ0n) is 16.1. The molecule has 0 aliphatic heterocycles. The largest absolute Gasteiger partial charge is 0.473 e. The quantitative estimate of drug-likeness (QED) is 0.452. The van der Waals surface area contributed by atoms with Crippen LogP contribution in [0.3, 0.4) is 0 Å². The lowest BCUT2D eigenvalue weighted by molar-refractivity contribution is 0.0951. The van der Waals surface area contributed by atoms with Crippen molar-refractivity contribution in [3.05, 3.63) is 88.7 Å². The van der Waals surface area contributed by atoms with Crippen LogP contribution in [0.2, 0.25) is 0 Å². The Kier molecular flexibility index (Phi) is 7.35. The van der Waals surface area contributed by atoms with Gasteiger partial charge in [-0.3, -0.25) is 4.79 Å². The summed E-state index contributed by atoms with van der Waals surface area (Å²) in [6.07, 6.45) is 1.43. The summed E-state index contributed by atoms with van der Waals surface area (Å²) in [6, 6.07) is 19.4. The summed E-state index contributed by atoms with van der Waals surface area (Å²) in [5.74, 6) is 0.344. The molecule has 154 valence electrons. The maximum absolute atomic E-state index is 12.6.